The van der Waals surface area contributed by atoms with Crippen molar-refractivity contribution in [2.24, 2.45) is 0 Å². The smallest absolute Gasteiger partial charge is 0.221 e. The Balaban J connectivity index is 1.63. The van der Waals surface area contributed by atoms with Crippen LogP contribution in [0.15, 0.2) is 58.0 Å². The first-order valence-corrected chi connectivity index (χ1v) is 6.80. The lowest BCUT2D eigenvalue weighted by Gasteiger charge is -2.03. The molecule has 0 bridgehead atoms. The maximum atomic E-state index is 11.6. The number of benzene rings is 1. The SMILES string of the molecule is O=C(CCSc1ccccc1)NCc1ccco1. The summed E-state index contributed by atoms with van der Waals surface area (Å²) >= 11 is 1.69. The third-order valence-corrected chi connectivity index (χ3v) is 3.39. The molecule has 2 rings (SSSR count). The van der Waals surface area contributed by atoms with Gasteiger partial charge in [-0.2, -0.15) is 0 Å². The van der Waals surface area contributed by atoms with Crippen LogP contribution in [0.1, 0.15) is 12.2 Å². The Bertz CT molecular complexity index is 468. The Hall–Kier alpha value is -1.68. The Labute approximate surface area is 111 Å². The highest BCUT2D eigenvalue weighted by atomic mass is 32.2. The number of furan rings is 1. The van der Waals surface area contributed by atoms with Crippen LogP contribution in [0, 0.1) is 0 Å². The van der Waals surface area contributed by atoms with E-state index < -0.39 is 0 Å². The van der Waals surface area contributed by atoms with Crippen molar-refractivity contribution in [1.29, 1.82) is 0 Å². The van der Waals surface area contributed by atoms with Gasteiger partial charge in [-0.25, -0.2) is 0 Å². The lowest BCUT2D eigenvalue weighted by Crippen LogP contribution is -2.22. The highest BCUT2D eigenvalue weighted by Gasteiger charge is 2.03. The monoisotopic (exact) mass is 261 g/mol. The van der Waals surface area contributed by atoms with E-state index in [0.29, 0.717) is 13.0 Å². The van der Waals surface area contributed by atoms with E-state index in [-0.39, 0.29) is 5.91 Å². The summed E-state index contributed by atoms with van der Waals surface area (Å²) < 4.78 is 5.14. The lowest BCUT2D eigenvalue weighted by atomic mass is 10.4. The Morgan fingerprint density at radius 2 is 2.00 bits per heavy atom. The van der Waals surface area contributed by atoms with E-state index in [1.807, 2.05) is 42.5 Å². The van der Waals surface area contributed by atoms with Gasteiger partial charge in [0.2, 0.25) is 5.91 Å². The molecule has 0 saturated heterocycles. The molecule has 4 heteroatoms. The fourth-order valence-corrected chi connectivity index (χ4v) is 2.34. The van der Waals surface area contributed by atoms with Gasteiger partial charge < -0.3 is 9.73 Å². The summed E-state index contributed by atoms with van der Waals surface area (Å²) in [6.07, 6.45) is 2.12. The van der Waals surface area contributed by atoms with Crippen LogP contribution in [-0.4, -0.2) is 11.7 Å². The van der Waals surface area contributed by atoms with Crippen LogP contribution >= 0.6 is 11.8 Å². The maximum absolute atomic E-state index is 11.6. The molecule has 0 spiro atoms. The average Bonchev–Trinajstić information content (AvgIpc) is 2.91. The van der Waals surface area contributed by atoms with Crippen molar-refractivity contribution >= 4 is 17.7 Å². The first-order valence-electron chi connectivity index (χ1n) is 5.81. The zero-order chi connectivity index (χ0) is 12.6. The molecule has 1 aromatic heterocycles. The summed E-state index contributed by atoms with van der Waals surface area (Å²) in [5.41, 5.74) is 0. The van der Waals surface area contributed by atoms with E-state index in [4.69, 9.17) is 4.42 Å². The summed E-state index contributed by atoms with van der Waals surface area (Å²) in [5.74, 6) is 1.61. The van der Waals surface area contributed by atoms with Gasteiger partial charge in [0.25, 0.3) is 0 Å². The predicted octanol–water partition coefficient (Wildman–Crippen LogP) is 3.08. The van der Waals surface area contributed by atoms with Gasteiger partial charge in [0.05, 0.1) is 12.8 Å². The first kappa shape index (κ1) is 12.8. The molecule has 0 atom stereocenters. The molecule has 0 aliphatic heterocycles. The maximum Gasteiger partial charge on any atom is 0.221 e. The van der Waals surface area contributed by atoms with E-state index in [2.05, 4.69) is 5.32 Å². The van der Waals surface area contributed by atoms with Gasteiger partial charge in [-0.1, -0.05) is 18.2 Å². The fraction of sp³-hybridized carbons (Fsp3) is 0.214. The van der Waals surface area contributed by atoms with Crippen LogP contribution in [-0.2, 0) is 11.3 Å². The van der Waals surface area contributed by atoms with Crippen LogP contribution in [0.2, 0.25) is 0 Å². The highest BCUT2D eigenvalue weighted by Crippen LogP contribution is 2.17. The van der Waals surface area contributed by atoms with Gasteiger partial charge in [0, 0.05) is 17.1 Å². The lowest BCUT2D eigenvalue weighted by molar-refractivity contribution is -0.120. The third kappa shape index (κ3) is 4.30. The van der Waals surface area contributed by atoms with Crippen molar-refractivity contribution in [2.75, 3.05) is 5.75 Å². The Morgan fingerprint density at radius 1 is 1.17 bits per heavy atom. The standard InChI is InChI=1S/C14H15NO2S/c16-14(15-11-12-5-4-9-17-12)8-10-18-13-6-2-1-3-7-13/h1-7,9H,8,10-11H2,(H,15,16). The molecule has 0 radical (unpaired) electrons. The molecule has 1 heterocycles. The number of nitrogens with one attached hydrogen (secondary N) is 1. The second kappa shape index (κ2) is 6.91. The summed E-state index contributed by atoms with van der Waals surface area (Å²) in [5, 5.41) is 2.83. The molecule has 0 saturated carbocycles. The van der Waals surface area contributed by atoms with Crippen molar-refractivity contribution in [3.8, 4) is 0 Å². The van der Waals surface area contributed by atoms with E-state index >= 15 is 0 Å². The molecule has 0 aliphatic carbocycles. The van der Waals surface area contributed by atoms with E-state index in [1.165, 1.54) is 4.90 Å². The van der Waals surface area contributed by atoms with Crippen LogP contribution in [0.4, 0.5) is 0 Å². The quantitative estimate of drug-likeness (QED) is 0.813. The number of amides is 1. The third-order valence-electron chi connectivity index (χ3n) is 2.38. The van der Waals surface area contributed by atoms with Crippen molar-refractivity contribution in [2.45, 2.75) is 17.9 Å². The van der Waals surface area contributed by atoms with Gasteiger partial charge in [-0.3, -0.25) is 4.79 Å². The zero-order valence-electron chi connectivity index (χ0n) is 9.96. The molecular weight excluding hydrogens is 246 g/mol. The number of hydrogen-bond donors (Lipinski definition) is 1. The minimum absolute atomic E-state index is 0.0508. The van der Waals surface area contributed by atoms with Gasteiger partial charge in [-0.15, -0.1) is 11.8 Å². The topological polar surface area (TPSA) is 42.2 Å². The fourth-order valence-electron chi connectivity index (χ4n) is 1.47. The van der Waals surface area contributed by atoms with Gasteiger partial charge in [0.1, 0.15) is 5.76 Å². The van der Waals surface area contributed by atoms with Gasteiger partial charge in [-0.05, 0) is 24.3 Å². The van der Waals surface area contributed by atoms with Gasteiger partial charge >= 0.3 is 0 Å². The van der Waals surface area contributed by atoms with Crippen LogP contribution in [0.3, 0.4) is 0 Å². The molecule has 0 aliphatic rings. The highest BCUT2D eigenvalue weighted by molar-refractivity contribution is 7.99. The Kier molecular flexibility index (Phi) is 4.90. The van der Waals surface area contributed by atoms with Crippen LogP contribution < -0.4 is 5.32 Å². The molecule has 2 aromatic rings. The van der Waals surface area contributed by atoms with Crippen molar-refractivity contribution in [3.63, 3.8) is 0 Å². The summed E-state index contributed by atoms with van der Waals surface area (Å²) in [6, 6.07) is 13.7. The van der Waals surface area contributed by atoms with E-state index in [0.717, 1.165) is 11.5 Å². The van der Waals surface area contributed by atoms with Crippen LogP contribution in [0.5, 0.6) is 0 Å². The molecule has 0 unspecified atom stereocenters. The molecule has 3 nitrogen and oxygen atoms in total. The molecule has 0 fully saturated rings. The van der Waals surface area contributed by atoms with Gasteiger partial charge in [0.15, 0.2) is 0 Å². The average molecular weight is 261 g/mol. The molecule has 94 valence electrons. The van der Waals surface area contributed by atoms with Crippen molar-refractivity contribution in [1.82, 2.24) is 5.32 Å². The Morgan fingerprint density at radius 3 is 2.72 bits per heavy atom. The largest absolute Gasteiger partial charge is 0.467 e. The summed E-state index contributed by atoms with van der Waals surface area (Å²) in [6.45, 7) is 0.460. The molecule has 18 heavy (non-hydrogen) atoms. The van der Waals surface area contributed by atoms with E-state index in [9.17, 15) is 4.79 Å². The number of hydrogen-bond acceptors (Lipinski definition) is 3. The number of rotatable bonds is 6. The molecular formula is C14H15NO2S. The second-order valence-corrected chi connectivity index (χ2v) is 4.94. The first-order chi connectivity index (χ1) is 8.84. The van der Waals surface area contributed by atoms with Crippen molar-refractivity contribution < 1.29 is 9.21 Å². The minimum Gasteiger partial charge on any atom is -0.467 e. The summed E-state index contributed by atoms with van der Waals surface area (Å²) in [7, 11) is 0. The molecule has 1 aromatic carbocycles. The second-order valence-electron chi connectivity index (χ2n) is 3.77. The minimum atomic E-state index is 0.0508. The van der Waals surface area contributed by atoms with E-state index in [1.54, 1.807) is 18.0 Å². The normalized spacial score (nSPS) is 10.2. The van der Waals surface area contributed by atoms with Crippen molar-refractivity contribution in [3.05, 3.63) is 54.5 Å². The van der Waals surface area contributed by atoms with Crippen LogP contribution in [0.25, 0.3) is 0 Å². The summed E-state index contributed by atoms with van der Waals surface area (Å²) in [4.78, 5) is 12.8. The number of thioether (sulfide) groups is 1. The molecule has 1 amide bonds. The predicted molar refractivity (Wildman–Crippen MR) is 72.3 cm³/mol. The molecule has 1 N–H and O–H groups in total. The number of carbonyl (C=O) groups excluding carboxylic acids is 1. The number of carbonyl (C=O) groups is 1. The zero-order valence-corrected chi connectivity index (χ0v) is 10.8.